The summed E-state index contributed by atoms with van der Waals surface area (Å²) in [5.74, 6) is 0. The van der Waals surface area contributed by atoms with Crippen LogP contribution in [0.15, 0.2) is 23.3 Å². The Kier molecular flexibility index (Phi) is 5.91. The van der Waals surface area contributed by atoms with Gasteiger partial charge in [-0.05, 0) is 32.3 Å². The van der Waals surface area contributed by atoms with E-state index in [0.29, 0.717) is 0 Å². The molecule has 0 saturated heterocycles. The lowest BCUT2D eigenvalue weighted by molar-refractivity contribution is 0.906. The molecule has 11 heavy (non-hydrogen) atoms. The van der Waals surface area contributed by atoms with E-state index in [4.69, 9.17) is 0 Å². The molecule has 0 unspecified atom stereocenters. The molecule has 0 amide bonds. The molecule has 0 spiro atoms. The van der Waals surface area contributed by atoms with Crippen LogP contribution >= 0.6 is 0 Å². The highest BCUT2D eigenvalue weighted by Crippen LogP contribution is 2.15. The standard InChI is InChI=1S/C11H20/c1-5-8-10(4)11(7-3)9-6-2/h7-8H,5-6,9H2,1-4H3. The average molecular weight is 152 g/mol. The van der Waals surface area contributed by atoms with Crippen LogP contribution in [-0.4, -0.2) is 0 Å². The summed E-state index contributed by atoms with van der Waals surface area (Å²) >= 11 is 0. The fourth-order valence-electron chi connectivity index (χ4n) is 1.28. The lowest BCUT2D eigenvalue weighted by Crippen LogP contribution is -1.84. The number of rotatable bonds is 4. The molecule has 0 saturated carbocycles. The summed E-state index contributed by atoms with van der Waals surface area (Å²) < 4.78 is 0. The Labute approximate surface area is 71.0 Å². The van der Waals surface area contributed by atoms with Gasteiger partial charge in [0.25, 0.3) is 0 Å². The molecular weight excluding hydrogens is 132 g/mol. The van der Waals surface area contributed by atoms with Gasteiger partial charge in [0, 0.05) is 0 Å². The van der Waals surface area contributed by atoms with Crippen molar-refractivity contribution in [2.45, 2.75) is 47.0 Å². The van der Waals surface area contributed by atoms with Crippen molar-refractivity contribution in [2.75, 3.05) is 0 Å². The van der Waals surface area contributed by atoms with Crippen molar-refractivity contribution in [1.29, 1.82) is 0 Å². The average Bonchev–Trinajstić information content (AvgIpc) is 2.00. The van der Waals surface area contributed by atoms with E-state index in [-0.39, 0.29) is 0 Å². The zero-order valence-corrected chi connectivity index (χ0v) is 8.28. The highest BCUT2D eigenvalue weighted by molar-refractivity contribution is 5.28. The van der Waals surface area contributed by atoms with Gasteiger partial charge in [0.15, 0.2) is 0 Å². The van der Waals surface area contributed by atoms with Gasteiger partial charge < -0.3 is 0 Å². The van der Waals surface area contributed by atoms with Gasteiger partial charge in [0.05, 0.1) is 0 Å². The third-order valence-corrected chi connectivity index (χ3v) is 1.88. The highest BCUT2D eigenvalue weighted by atomic mass is 14.0. The Morgan fingerprint density at radius 1 is 1.27 bits per heavy atom. The maximum atomic E-state index is 2.30. The van der Waals surface area contributed by atoms with Crippen LogP contribution in [0.3, 0.4) is 0 Å². The summed E-state index contributed by atoms with van der Waals surface area (Å²) in [7, 11) is 0. The lowest BCUT2D eigenvalue weighted by Gasteiger charge is -2.04. The van der Waals surface area contributed by atoms with Crippen LogP contribution in [0.1, 0.15) is 47.0 Å². The second-order valence-electron chi connectivity index (χ2n) is 2.86. The first-order chi connectivity index (χ1) is 5.26. The summed E-state index contributed by atoms with van der Waals surface area (Å²) in [5.41, 5.74) is 2.96. The first kappa shape index (κ1) is 10.5. The molecule has 0 nitrogen and oxygen atoms in total. The Balaban J connectivity index is 4.15. The van der Waals surface area contributed by atoms with Gasteiger partial charge in [-0.1, -0.05) is 38.0 Å². The second-order valence-corrected chi connectivity index (χ2v) is 2.86. The fraction of sp³-hybridized carbons (Fsp3) is 0.636. The van der Waals surface area contributed by atoms with E-state index in [9.17, 15) is 0 Å². The minimum atomic E-state index is 1.15. The van der Waals surface area contributed by atoms with E-state index in [1.54, 1.807) is 0 Å². The topological polar surface area (TPSA) is 0 Å². The van der Waals surface area contributed by atoms with Gasteiger partial charge in [-0.25, -0.2) is 0 Å². The lowest BCUT2D eigenvalue weighted by atomic mass is 10.0. The molecule has 0 N–H and O–H groups in total. The molecule has 0 heterocycles. The third-order valence-electron chi connectivity index (χ3n) is 1.88. The van der Waals surface area contributed by atoms with Crippen LogP contribution in [0.5, 0.6) is 0 Å². The van der Waals surface area contributed by atoms with Gasteiger partial charge >= 0.3 is 0 Å². The molecular formula is C11H20. The van der Waals surface area contributed by atoms with Crippen LogP contribution in [-0.2, 0) is 0 Å². The quantitative estimate of drug-likeness (QED) is 0.532. The summed E-state index contributed by atoms with van der Waals surface area (Å²) in [6.45, 7) is 8.73. The molecule has 0 atom stereocenters. The minimum Gasteiger partial charge on any atom is -0.0842 e. The summed E-state index contributed by atoms with van der Waals surface area (Å²) in [6, 6.07) is 0. The molecule has 0 aromatic rings. The van der Waals surface area contributed by atoms with Gasteiger partial charge in [-0.2, -0.15) is 0 Å². The number of hydrogen-bond donors (Lipinski definition) is 0. The number of hydrogen-bond acceptors (Lipinski definition) is 0. The van der Waals surface area contributed by atoms with E-state index in [1.165, 1.54) is 24.0 Å². The van der Waals surface area contributed by atoms with Crippen molar-refractivity contribution in [3.05, 3.63) is 23.3 Å². The maximum Gasteiger partial charge on any atom is -0.0282 e. The predicted octanol–water partition coefficient (Wildman–Crippen LogP) is 4.09. The largest absolute Gasteiger partial charge is 0.0842 e. The third kappa shape index (κ3) is 4.02. The zero-order valence-electron chi connectivity index (χ0n) is 8.28. The van der Waals surface area contributed by atoms with Crippen molar-refractivity contribution in [1.82, 2.24) is 0 Å². The second kappa shape index (κ2) is 6.21. The molecule has 64 valence electrons. The Hall–Kier alpha value is -0.520. The Bertz CT molecular complexity index is 149. The fourth-order valence-corrected chi connectivity index (χ4v) is 1.28. The predicted molar refractivity (Wildman–Crippen MR) is 52.7 cm³/mol. The molecule has 0 rings (SSSR count). The Morgan fingerprint density at radius 3 is 2.27 bits per heavy atom. The molecule has 0 aliphatic heterocycles. The van der Waals surface area contributed by atoms with Crippen LogP contribution in [0.2, 0.25) is 0 Å². The van der Waals surface area contributed by atoms with Crippen molar-refractivity contribution in [3.8, 4) is 0 Å². The highest BCUT2D eigenvalue weighted by Gasteiger charge is 1.95. The molecule has 0 aromatic carbocycles. The van der Waals surface area contributed by atoms with E-state index in [1.807, 2.05) is 0 Å². The zero-order chi connectivity index (χ0) is 8.69. The van der Waals surface area contributed by atoms with Gasteiger partial charge in [0.1, 0.15) is 0 Å². The van der Waals surface area contributed by atoms with Gasteiger partial charge in [0.2, 0.25) is 0 Å². The summed E-state index contributed by atoms with van der Waals surface area (Å²) in [6.07, 6.45) is 8.14. The van der Waals surface area contributed by atoms with E-state index < -0.39 is 0 Å². The van der Waals surface area contributed by atoms with Crippen LogP contribution in [0, 0.1) is 0 Å². The molecule has 0 radical (unpaired) electrons. The molecule has 0 aliphatic rings. The van der Waals surface area contributed by atoms with Crippen LogP contribution in [0.25, 0.3) is 0 Å². The van der Waals surface area contributed by atoms with Crippen molar-refractivity contribution < 1.29 is 0 Å². The van der Waals surface area contributed by atoms with E-state index in [2.05, 4.69) is 39.8 Å². The molecule has 0 fully saturated rings. The van der Waals surface area contributed by atoms with Crippen LogP contribution < -0.4 is 0 Å². The van der Waals surface area contributed by atoms with Gasteiger partial charge in [-0.3, -0.25) is 0 Å². The molecule has 0 bridgehead atoms. The molecule has 0 aliphatic carbocycles. The smallest absolute Gasteiger partial charge is 0.0282 e. The van der Waals surface area contributed by atoms with Crippen molar-refractivity contribution in [3.63, 3.8) is 0 Å². The summed E-state index contributed by atoms with van der Waals surface area (Å²) in [5, 5.41) is 0. The Morgan fingerprint density at radius 2 is 1.91 bits per heavy atom. The van der Waals surface area contributed by atoms with Gasteiger partial charge in [-0.15, -0.1) is 0 Å². The molecule has 0 aromatic heterocycles. The van der Waals surface area contributed by atoms with Crippen molar-refractivity contribution >= 4 is 0 Å². The maximum absolute atomic E-state index is 2.30. The first-order valence-electron chi connectivity index (χ1n) is 4.58. The van der Waals surface area contributed by atoms with E-state index >= 15 is 0 Å². The first-order valence-corrected chi connectivity index (χ1v) is 4.58. The summed E-state index contributed by atoms with van der Waals surface area (Å²) in [4.78, 5) is 0. The van der Waals surface area contributed by atoms with Crippen LogP contribution in [0.4, 0.5) is 0 Å². The van der Waals surface area contributed by atoms with Crippen molar-refractivity contribution in [2.24, 2.45) is 0 Å². The normalized spacial score (nSPS) is 13.8. The minimum absolute atomic E-state index is 1.15. The monoisotopic (exact) mass is 152 g/mol. The molecule has 0 heteroatoms. The van der Waals surface area contributed by atoms with E-state index in [0.717, 1.165) is 6.42 Å². The number of allylic oxidation sites excluding steroid dienone is 4. The SMILES string of the molecule is CC=C(CCC)C(C)=CCC.